The number of nitrogens with zero attached hydrogens (tertiary/aromatic N) is 3. The highest BCUT2D eigenvalue weighted by Gasteiger charge is 2.14. The lowest BCUT2D eigenvalue weighted by molar-refractivity contribution is 0.102. The van der Waals surface area contributed by atoms with Crippen molar-refractivity contribution in [2.45, 2.75) is 33.1 Å². The Kier molecular flexibility index (Phi) is 4.63. The van der Waals surface area contributed by atoms with Gasteiger partial charge in [-0.1, -0.05) is 32.4 Å². The van der Waals surface area contributed by atoms with Crippen LogP contribution in [0.4, 0.5) is 5.69 Å². The normalized spacial score (nSPS) is 11.0. The van der Waals surface area contributed by atoms with Gasteiger partial charge in [0.2, 0.25) is 0 Å². The monoisotopic (exact) mass is 306 g/mol. The highest BCUT2D eigenvalue weighted by molar-refractivity contribution is 6.29. The van der Waals surface area contributed by atoms with Crippen molar-refractivity contribution in [2.75, 3.05) is 5.32 Å². The minimum absolute atomic E-state index is 0.205. The average Bonchev–Trinajstić information content (AvgIpc) is 2.77. The van der Waals surface area contributed by atoms with Crippen molar-refractivity contribution < 1.29 is 4.79 Å². The third-order valence-electron chi connectivity index (χ3n) is 3.16. The number of aryl methyl sites for hydroxylation is 2. The Morgan fingerprint density at radius 1 is 1.43 bits per heavy atom. The zero-order valence-electron chi connectivity index (χ0n) is 12.6. The second-order valence-electron chi connectivity index (χ2n) is 5.23. The molecule has 2 aromatic heterocycles. The molecule has 0 spiro atoms. The largest absolute Gasteiger partial charge is 0.319 e. The lowest BCUT2D eigenvalue weighted by Gasteiger charge is -2.09. The van der Waals surface area contributed by atoms with Crippen molar-refractivity contribution in [3.05, 3.63) is 40.4 Å². The van der Waals surface area contributed by atoms with Crippen molar-refractivity contribution in [2.24, 2.45) is 7.05 Å². The van der Waals surface area contributed by atoms with Crippen LogP contribution in [0.25, 0.3) is 0 Å². The molecule has 0 atom stereocenters. The fraction of sp³-hybridized carbons (Fsp3) is 0.400. The van der Waals surface area contributed by atoms with Gasteiger partial charge in [-0.3, -0.25) is 9.48 Å². The Morgan fingerprint density at radius 2 is 2.14 bits per heavy atom. The summed E-state index contributed by atoms with van der Waals surface area (Å²) in [6, 6.07) is 3.35. The minimum atomic E-state index is -0.205. The number of nitrogens with one attached hydrogen (secondary N) is 1. The summed E-state index contributed by atoms with van der Waals surface area (Å²) in [5, 5.41) is 7.51. The number of carbonyl (C=O) groups is 1. The van der Waals surface area contributed by atoms with Crippen molar-refractivity contribution in [3.63, 3.8) is 0 Å². The molecule has 0 aromatic carbocycles. The van der Waals surface area contributed by atoms with E-state index in [-0.39, 0.29) is 11.8 Å². The van der Waals surface area contributed by atoms with E-state index in [2.05, 4.69) is 15.4 Å². The van der Waals surface area contributed by atoms with Crippen LogP contribution in [0.1, 0.15) is 48.4 Å². The van der Waals surface area contributed by atoms with Crippen LogP contribution in [0.3, 0.4) is 0 Å². The summed E-state index contributed by atoms with van der Waals surface area (Å²) < 4.78 is 1.69. The molecule has 0 radical (unpaired) electrons. The lowest BCUT2D eigenvalue weighted by atomic mass is 10.1. The zero-order valence-corrected chi connectivity index (χ0v) is 13.4. The van der Waals surface area contributed by atoms with E-state index in [9.17, 15) is 4.79 Å². The van der Waals surface area contributed by atoms with Crippen LogP contribution in [-0.4, -0.2) is 20.7 Å². The van der Waals surface area contributed by atoms with Gasteiger partial charge in [0.05, 0.1) is 11.4 Å². The maximum absolute atomic E-state index is 12.4. The van der Waals surface area contributed by atoms with Crippen LogP contribution in [0.15, 0.2) is 18.3 Å². The molecule has 2 heterocycles. The first-order chi connectivity index (χ1) is 9.90. The molecular formula is C15H19ClN4O. The van der Waals surface area contributed by atoms with Crippen LogP contribution in [-0.2, 0) is 13.5 Å². The molecule has 0 aliphatic carbocycles. The molecular weight excluding hydrogens is 288 g/mol. The standard InChI is InChI=1S/C15H19ClN4O/c1-5-11-13(8-20(4)19-11)18-15(21)10-6-12(9(2)3)17-14(16)7-10/h6-9H,5H2,1-4H3,(H,18,21). The van der Waals surface area contributed by atoms with Gasteiger partial charge in [0.15, 0.2) is 0 Å². The Balaban J connectivity index is 2.28. The molecule has 5 nitrogen and oxygen atoms in total. The molecule has 0 bridgehead atoms. The molecule has 0 aliphatic heterocycles. The van der Waals surface area contributed by atoms with E-state index in [1.165, 1.54) is 0 Å². The van der Waals surface area contributed by atoms with Crippen molar-refractivity contribution in [3.8, 4) is 0 Å². The van der Waals surface area contributed by atoms with E-state index in [4.69, 9.17) is 11.6 Å². The number of hydrogen-bond acceptors (Lipinski definition) is 3. The first kappa shape index (κ1) is 15.5. The van der Waals surface area contributed by atoms with E-state index in [0.717, 1.165) is 23.5 Å². The molecule has 2 aromatic rings. The van der Waals surface area contributed by atoms with Gasteiger partial charge in [-0.05, 0) is 24.5 Å². The molecule has 2 rings (SSSR count). The maximum Gasteiger partial charge on any atom is 0.255 e. The third-order valence-corrected chi connectivity index (χ3v) is 3.35. The van der Waals surface area contributed by atoms with Gasteiger partial charge in [-0.2, -0.15) is 5.10 Å². The lowest BCUT2D eigenvalue weighted by Crippen LogP contribution is -2.13. The second-order valence-corrected chi connectivity index (χ2v) is 5.62. The fourth-order valence-corrected chi connectivity index (χ4v) is 2.25. The molecule has 0 unspecified atom stereocenters. The van der Waals surface area contributed by atoms with Crippen LogP contribution in [0.2, 0.25) is 5.15 Å². The van der Waals surface area contributed by atoms with Crippen LogP contribution in [0, 0.1) is 0 Å². The molecule has 0 saturated heterocycles. The Hall–Kier alpha value is -1.88. The molecule has 1 amide bonds. The number of hydrogen-bond donors (Lipinski definition) is 1. The van der Waals surface area contributed by atoms with Crippen molar-refractivity contribution >= 4 is 23.2 Å². The highest BCUT2D eigenvalue weighted by atomic mass is 35.5. The summed E-state index contributed by atoms with van der Waals surface area (Å²) in [7, 11) is 1.83. The predicted octanol–water partition coefficient (Wildman–Crippen LogP) is 3.41. The SMILES string of the molecule is CCc1nn(C)cc1NC(=O)c1cc(Cl)nc(C(C)C)c1. The molecule has 0 aliphatic rings. The molecule has 0 saturated carbocycles. The van der Waals surface area contributed by atoms with E-state index in [0.29, 0.717) is 10.7 Å². The first-order valence-electron chi connectivity index (χ1n) is 6.92. The number of amides is 1. The molecule has 21 heavy (non-hydrogen) atoms. The number of aromatic nitrogens is 3. The summed E-state index contributed by atoms with van der Waals surface area (Å²) in [6.45, 7) is 6.02. The van der Waals surface area contributed by atoms with Gasteiger partial charge in [0.1, 0.15) is 5.15 Å². The molecule has 0 fully saturated rings. The van der Waals surface area contributed by atoms with E-state index < -0.39 is 0 Å². The quantitative estimate of drug-likeness (QED) is 0.881. The fourth-order valence-electron chi connectivity index (χ4n) is 2.04. The van der Waals surface area contributed by atoms with Crippen molar-refractivity contribution in [1.82, 2.24) is 14.8 Å². The predicted molar refractivity (Wildman–Crippen MR) is 83.9 cm³/mol. The summed E-state index contributed by atoms with van der Waals surface area (Å²) in [4.78, 5) is 16.6. The van der Waals surface area contributed by atoms with Crippen molar-refractivity contribution in [1.29, 1.82) is 0 Å². The highest BCUT2D eigenvalue weighted by Crippen LogP contribution is 2.20. The van der Waals surface area contributed by atoms with Gasteiger partial charge < -0.3 is 5.32 Å². The van der Waals surface area contributed by atoms with Gasteiger partial charge in [0.25, 0.3) is 5.91 Å². The number of halogens is 1. The summed E-state index contributed by atoms with van der Waals surface area (Å²) >= 11 is 6.00. The van der Waals surface area contributed by atoms with Gasteiger partial charge in [0, 0.05) is 24.5 Å². The summed E-state index contributed by atoms with van der Waals surface area (Å²) in [6.07, 6.45) is 2.55. The van der Waals surface area contributed by atoms with Crippen LogP contribution < -0.4 is 5.32 Å². The molecule has 1 N–H and O–H groups in total. The minimum Gasteiger partial charge on any atom is -0.319 e. The van der Waals surface area contributed by atoms with Gasteiger partial charge >= 0.3 is 0 Å². The number of pyridine rings is 1. The third kappa shape index (κ3) is 3.61. The number of rotatable bonds is 4. The van der Waals surface area contributed by atoms with Gasteiger partial charge in [-0.25, -0.2) is 4.98 Å². The Bertz CT molecular complexity index is 664. The van der Waals surface area contributed by atoms with Gasteiger partial charge in [-0.15, -0.1) is 0 Å². The smallest absolute Gasteiger partial charge is 0.255 e. The second kappa shape index (κ2) is 6.26. The summed E-state index contributed by atoms with van der Waals surface area (Å²) in [5.41, 5.74) is 2.89. The first-order valence-corrected chi connectivity index (χ1v) is 7.29. The van der Waals surface area contributed by atoms with Crippen LogP contribution in [0.5, 0.6) is 0 Å². The zero-order chi connectivity index (χ0) is 15.6. The average molecular weight is 307 g/mol. The Labute approximate surface area is 129 Å². The molecule has 6 heteroatoms. The van der Waals surface area contributed by atoms with E-state index in [1.807, 2.05) is 27.8 Å². The van der Waals surface area contributed by atoms with Crippen LogP contribution >= 0.6 is 11.6 Å². The summed E-state index contributed by atoms with van der Waals surface area (Å²) in [5.74, 6) is 0.00347. The van der Waals surface area contributed by atoms with E-state index >= 15 is 0 Å². The maximum atomic E-state index is 12.4. The topological polar surface area (TPSA) is 59.8 Å². The number of carbonyl (C=O) groups excluding carboxylic acids is 1. The number of anilines is 1. The van der Waals surface area contributed by atoms with E-state index in [1.54, 1.807) is 23.0 Å². The Morgan fingerprint density at radius 3 is 2.76 bits per heavy atom. The molecule has 112 valence electrons.